The van der Waals surface area contributed by atoms with Gasteiger partial charge in [-0.3, -0.25) is 4.90 Å². The Balaban J connectivity index is 1.79. The smallest absolute Gasteiger partial charge is 0.335 e. The first-order valence-electron chi connectivity index (χ1n) is 9.89. The molecule has 0 spiro atoms. The van der Waals surface area contributed by atoms with Gasteiger partial charge in [0.05, 0.1) is 17.0 Å². The van der Waals surface area contributed by atoms with Gasteiger partial charge >= 0.3 is 5.97 Å². The van der Waals surface area contributed by atoms with Crippen LogP contribution in [0.1, 0.15) is 67.8 Å². The van der Waals surface area contributed by atoms with Gasteiger partial charge < -0.3 is 10.2 Å². The van der Waals surface area contributed by atoms with Crippen molar-refractivity contribution in [2.75, 3.05) is 13.1 Å². The number of carboxylic acids is 1. The second kappa shape index (κ2) is 10.9. The number of aryl methyl sites for hydroxylation is 1. The number of carbonyl (C=O) groups is 1. The lowest BCUT2D eigenvalue weighted by Crippen LogP contribution is -2.35. The number of aliphatic hydroxyl groups excluding tert-OH is 1. The van der Waals surface area contributed by atoms with E-state index in [1.807, 2.05) is 12.1 Å². The number of unbranched alkanes of at least 4 members (excludes halogenated alkanes) is 2. The van der Waals surface area contributed by atoms with Gasteiger partial charge in [-0.15, -0.1) is 11.6 Å². The summed E-state index contributed by atoms with van der Waals surface area (Å²) in [4.78, 5) is 13.4. The van der Waals surface area contributed by atoms with Crippen LogP contribution in [0.2, 0.25) is 0 Å². The molecule has 1 aromatic carbocycles. The Kier molecular flexibility index (Phi) is 8.89. The predicted molar refractivity (Wildman–Crippen MR) is 106 cm³/mol. The number of nitrogens with zero attached hydrogens (tertiary/aromatic N) is 1. The van der Waals surface area contributed by atoms with Crippen molar-refractivity contribution in [2.45, 2.75) is 75.8 Å². The molecule has 0 amide bonds. The highest BCUT2D eigenvalue weighted by Crippen LogP contribution is 2.27. The van der Waals surface area contributed by atoms with Crippen molar-refractivity contribution in [3.63, 3.8) is 0 Å². The van der Waals surface area contributed by atoms with E-state index in [-0.39, 0.29) is 11.5 Å². The zero-order chi connectivity index (χ0) is 18.9. The van der Waals surface area contributed by atoms with E-state index in [1.54, 1.807) is 12.1 Å². The fourth-order valence-electron chi connectivity index (χ4n) is 3.73. The Morgan fingerprint density at radius 1 is 1.27 bits per heavy atom. The predicted octanol–water partition coefficient (Wildman–Crippen LogP) is 4.33. The van der Waals surface area contributed by atoms with Crippen LogP contribution in [0.25, 0.3) is 0 Å². The van der Waals surface area contributed by atoms with E-state index in [4.69, 9.17) is 16.7 Å². The number of hydrogen-bond donors (Lipinski definition) is 2. The maximum atomic E-state index is 10.9. The monoisotopic (exact) mass is 381 g/mol. The SMILES string of the molecule is CCCCC[C@@H](O)CCN1CCC(Cl)[C@@H]1CCc1ccc(C(=O)O)cc1. The van der Waals surface area contributed by atoms with E-state index < -0.39 is 5.97 Å². The van der Waals surface area contributed by atoms with E-state index in [2.05, 4.69) is 11.8 Å². The Bertz CT molecular complexity index is 549. The lowest BCUT2D eigenvalue weighted by Gasteiger charge is -2.27. The molecule has 1 unspecified atom stereocenters. The maximum absolute atomic E-state index is 10.9. The maximum Gasteiger partial charge on any atom is 0.335 e. The van der Waals surface area contributed by atoms with Crippen LogP contribution in [0.5, 0.6) is 0 Å². The zero-order valence-corrected chi connectivity index (χ0v) is 16.5. The van der Waals surface area contributed by atoms with Gasteiger partial charge in [0.15, 0.2) is 0 Å². The van der Waals surface area contributed by atoms with Crippen LogP contribution in [-0.4, -0.2) is 51.7 Å². The van der Waals surface area contributed by atoms with E-state index in [1.165, 1.54) is 12.8 Å². The van der Waals surface area contributed by atoms with Crippen LogP contribution in [0.4, 0.5) is 0 Å². The second-order valence-corrected chi connectivity index (χ2v) is 7.95. The molecule has 1 aromatic rings. The fourth-order valence-corrected chi connectivity index (χ4v) is 4.12. The normalized spacial score (nSPS) is 21.8. The van der Waals surface area contributed by atoms with Crippen molar-refractivity contribution in [3.05, 3.63) is 35.4 Å². The van der Waals surface area contributed by atoms with Crippen LogP contribution in [0, 0.1) is 0 Å². The van der Waals surface area contributed by atoms with Gasteiger partial charge in [-0.1, -0.05) is 38.3 Å². The van der Waals surface area contributed by atoms with Crippen LogP contribution < -0.4 is 0 Å². The average Bonchev–Trinajstić information content (AvgIpc) is 2.98. The molecule has 0 aromatic heterocycles. The molecule has 2 rings (SSSR count). The third kappa shape index (κ3) is 6.57. The highest BCUT2D eigenvalue weighted by molar-refractivity contribution is 6.21. The minimum atomic E-state index is -0.892. The minimum Gasteiger partial charge on any atom is -0.478 e. The molecular formula is C21H32ClNO3. The summed E-state index contributed by atoms with van der Waals surface area (Å²) in [7, 11) is 0. The third-order valence-electron chi connectivity index (χ3n) is 5.40. The molecule has 1 aliphatic rings. The topological polar surface area (TPSA) is 60.8 Å². The molecule has 5 heteroatoms. The summed E-state index contributed by atoms with van der Waals surface area (Å²) in [5.74, 6) is -0.892. The van der Waals surface area contributed by atoms with E-state index in [0.717, 1.165) is 57.2 Å². The zero-order valence-electron chi connectivity index (χ0n) is 15.7. The quantitative estimate of drug-likeness (QED) is 0.442. The van der Waals surface area contributed by atoms with Crippen molar-refractivity contribution in [3.8, 4) is 0 Å². The van der Waals surface area contributed by atoms with Crippen molar-refractivity contribution < 1.29 is 15.0 Å². The van der Waals surface area contributed by atoms with Gasteiger partial charge in [0.1, 0.15) is 0 Å². The van der Waals surface area contributed by atoms with Crippen molar-refractivity contribution >= 4 is 17.6 Å². The molecule has 0 bridgehead atoms. The summed E-state index contributed by atoms with van der Waals surface area (Å²) < 4.78 is 0. The first kappa shape index (κ1) is 21.2. The number of halogens is 1. The summed E-state index contributed by atoms with van der Waals surface area (Å²) in [5.41, 5.74) is 1.47. The molecule has 0 saturated carbocycles. The van der Waals surface area contributed by atoms with Gasteiger partial charge in [-0.05, 0) is 56.3 Å². The minimum absolute atomic E-state index is 0.158. The van der Waals surface area contributed by atoms with Crippen molar-refractivity contribution in [1.82, 2.24) is 4.90 Å². The highest BCUT2D eigenvalue weighted by Gasteiger charge is 2.32. The second-order valence-electron chi connectivity index (χ2n) is 7.39. The summed E-state index contributed by atoms with van der Waals surface area (Å²) in [6.07, 6.45) is 7.83. The van der Waals surface area contributed by atoms with Gasteiger partial charge in [0.2, 0.25) is 0 Å². The van der Waals surface area contributed by atoms with Crippen LogP contribution in [0.15, 0.2) is 24.3 Å². The van der Waals surface area contributed by atoms with Crippen LogP contribution >= 0.6 is 11.6 Å². The molecule has 0 aliphatic carbocycles. The lowest BCUT2D eigenvalue weighted by atomic mass is 10.0. The van der Waals surface area contributed by atoms with Gasteiger partial charge in [0, 0.05) is 12.6 Å². The number of carboxylic acid groups (broad SMARTS) is 1. The Labute approximate surface area is 162 Å². The highest BCUT2D eigenvalue weighted by atomic mass is 35.5. The number of aliphatic hydroxyl groups is 1. The summed E-state index contributed by atoms with van der Waals surface area (Å²) >= 11 is 6.54. The van der Waals surface area contributed by atoms with Gasteiger partial charge in [0.25, 0.3) is 0 Å². The molecule has 1 saturated heterocycles. The first-order valence-corrected chi connectivity index (χ1v) is 10.3. The number of hydrogen-bond acceptors (Lipinski definition) is 3. The molecule has 2 N–H and O–H groups in total. The van der Waals surface area contributed by atoms with E-state index in [0.29, 0.717) is 11.6 Å². The van der Waals surface area contributed by atoms with Crippen molar-refractivity contribution in [2.24, 2.45) is 0 Å². The van der Waals surface area contributed by atoms with Crippen molar-refractivity contribution in [1.29, 1.82) is 0 Å². The van der Waals surface area contributed by atoms with E-state index in [9.17, 15) is 9.90 Å². The summed E-state index contributed by atoms with van der Waals surface area (Å²) in [6, 6.07) is 7.44. The summed E-state index contributed by atoms with van der Waals surface area (Å²) in [6.45, 7) is 4.08. The lowest BCUT2D eigenvalue weighted by molar-refractivity contribution is 0.0697. The number of likely N-dealkylation sites (tertiary alicyclic amines) is 1. The molecule has 4 nitrogen and oxygen atoms in total. The molecule has 26 heavy (non-hydrogen) atoms. The van der Waals surface area contributed by atoms with Crippen LogP contribution in [0.3, 0.4) is 0 Å². The fraction of sp³-hybridized carbons (Fsp3) is 0.667. The standard InChI is InChI=1S/C21H32ClNO3/c1-2-3-4-5-18(24)12-14-23-15-13-19(22)20(23)11-8-16-6-9-17(10-7-16)21(25)26/h6-7,9-10,18-20,24H,2-5,8,11-15H2,1H3,(H,25,26)/t18-,19?,20+/m1/s1. The molecule has 1 aliphatic heterocycles. The Morgan fingerprint density at radius 3 is 2.65 bits per heavy atom. The molecule has 1 fully saturated rings. The molecule has 0 radical (unpaired) electrons. The first-order chi connectivity index (χ1) is 12.5. The Hall–Kier alpha value is -1.10. The average molecular weight is 382 g/mol. The summed E-state index contributed by atoms with van der Waals surface area (Å²) in [5, 5.41) is 19.3. The van der Waals surface area contributed by atoms with Crippen LogP contribution in [-0.2, 0) is 6.42 Å². The largest absolute Gasteiger partial charge is 0.478 e. The third-order valence-corrected chi connectivity index (χ3v) is 5.91. The van der Waals surface area contributed by atoms with Gasteiger partial charge in [-0.25, -0.2) is 4.79 Å². The number of rotatable bonds is 11. The number of alkyl halides is 1. The molecule has 146 valence electrons. The molecular weight excluding hydrogens is 350 g/mol. The van der Waals surface area contributed by atoms with Gasteiger partial charge in [-0.2, -0.15) is 0 Å². The molecule has 1 heterocycles. The Morgan fingerprint density at radius 2 is 2.00 bits per heavy atom. The molecule has 3 atom stereocenters. The number of benzene rings is 1. The number of aromatic carboxylic acids is 1. The van der Waals surface area contributed by atoms with E-state index >= 15 is 0 Å².